The van der Waals surface area contributed by atoms with Gasteiger partial charge in [0.05, 0.1) is 34.5 Å². The van der Waals surface area contributed by atoms with Crippen molar-refractivity contribution in [2.45, 2.75) is 50.0 Å². The molecule has 1 amide bonds. The topological polar surface area (TPSA) is 129 Å². The fourth-order valence-electron chi connectivity index (χ4n) is 5.97. The molecule has 1 saturated carbocycles. The third-order valence-electron chi connectivity index (χ3n) is 8.89. The van der Waals surface area contributed by atoms with Crippen LogP contribution in [0.4, 0.5) is 30.5 Å². The third kappa shape index (κ3) is 7.90. The molecule has 12 nitrogen and oxygen atoms in total. The number of carbonyl (C=O) groups excluding carboxylic acids is 1. The van der Waals surface area contributed by atoms with Crippen LogP contribution in [0.15, 0.2) is 36.9 Å². The molecule has 3 fully saturated rings. The van der Waals surface area contributed by atoms with Crippen molar-refractivity contribution in [1.82, 2.24) is 33.9 Å². The SMILES string of the molecule is CN(C)CCC1CCN(c2cc(Nc3ccnc(-c4cnn(S(=O)(=O)C5CC5)c4)n3)ncc2C#CC2CCN(C(=O)C(F)(F)F)C2)CC1. The van der Waals surface area contributed by atoms with E-state index in [0.29, 0.717) is 53.8 Å². The summed E-state index contributed by atoms with van der Waals surface area (Å²) in [6.45, 7) is 2.62. The highest BCUT2D eigenvalue weighted by Gasteiger charge is 2.44. The molecule has 16 heteroatoms. The molecule has 1 aliphatic carbocycles. The molecular weight excluding hydrogens is 647 g/mol. The number of alkyl halides is 3. The Bertz CT molecular complexity index is 1810. The number of rotatable bonds is 9. The molecular formula is C32H38F3N9O3S. The van der Waals surface area contributed by atoms with Crippen molar-refractivity contribution in [2.24, 2.45) is 11.8 Å². The van der Waals surface area contributed by atoms with E-state index in [2.05, 4.69) is 61.1 Å². The van der Waals surface area contributed by atoms with Gasteiger partial charge in [-0.15, -0.1) is 0 Å². The average molecular weight is 686 g/mol. The van der Waals surface area contributed by atoms with E-state index in [1.165, 1.54) is 12.4 Å². The Morgan fingerprint density at radius 2 is 1.83 bits per heavy atom. The standard InChI is InChI=1S/C32H38F3N9O3S/c1-41(2)13-8-22-9-14-42(15-10-22)27-17-29(37-18-24(27)4-3-23-11-16-43(20-23)31(45)32(33,34)35)39-28-7-12-36-30(40-28)25-19-38-44(21-25)48(46,47)26-5-6-26/h7,12,17-19,21-23,26H,5-6,8-11,13-16,20H2,1-2H3,(H,36,37,39,40). The maximum absolute atomic E-state index is 12.9. The molecule has 0 aromatic carbocycles. The summed E-state index contributed by atoms with van der Waals surface area (Å²) in [6.07, 6.45) is 5.93. The van der Waals surface area contributed by atoms with Gasteiger partial charge < -0.3 is 20.0 Å². The van der Waals surface area contributed by atoms with Gasteiger partial charge in [0.15, 0.2) is 5.82 Å². The Balaban J connectivity index is 1.21. The second kappa shape index (κ2) is 13.7. The molecule has 0 radical (unpaired) electrons. The van der Waals surface area contributed by atoms with Gasteiger partial charge in [-0.3, -0.25) is 4.79 Å². The Labute approximate surface area is 277 Å². The molecule has 0 bridgehead atoms. The zero-order chi connectivity index (χ0) is 34.1. The number of amides is 1. The lowest BCUT2D eigenvalue weighted by molar-refractivity contribution is -0.184. The molecule has 0 spiro atoms. The lowest BCUT2D eigenvalue weighted by Crippen LogP contribution is -2.39. The summed E-state index contributed by atoms with van der Waals surface area (Å²) in [7, 11) is 0.621. The van der Waals surface area contributed by atoms with E-state index in [0.717, 1.165) is 53.6 Å². The van der Waals surface area contributed by atoms with E-state index in [1.807, 2.05) is 6.07 Å². The predicted octanol–water partition coefficient (Wildman–Crippen LogP) is 3.75. The zero-order valence-corrected chi connectivity index (χ0v) is 27.6. The van der Waals surface area contributed by atoms with Crippen LogP contribution < -0.4 is 10.2 Å². The number of hydrogen-bond acceptors (Lipinski definition) is 10. The summed E-state index contributed by atoms with van der Waals surface area (Å²) >= 11 is 0. The zero-order valence-electron chi connectivity index (χ0n) is 26.8. The number of nitrogens with zero attached hydrogens (tertiary/aromatic N) is 8. The Kier molecular flexibility index (Phi) is 9.62. The Morgan fingerprint density at radius 3 is 2.54 bits per heavy atom. The molecule has 2 aliphatic heterocycles. The largest absolute Gasteiger partial charge is 0.471 e. The third-order valence-corrected chi connectivity index (χ3v) is 10.9. The second-order valence-electron chi connectivity index (χ2n) is 12.8. The van der Waals surface area contributed by atoms with Gasteiger partial charge in [0.2, 0.25) is 0 Å². The normalized spacial score (nSPS) is 19.0. The molecule has 1 N–H and O–H groups in total. The predicted molar refractivity (Wildman–Crippen MR) is 174 cm³/mol. The summed E-state index contributed by atoms with van der Waals surface area (Å²) < 4.78 is 65.0. The highest BCUT2D eigenvalue weighted by Crippen LogP contribution is 2.32. The van der Waals surface area contributed by atoms with Gasteiger partial charge in [-0.1, -0.05) is 11.8 Å². The van der Waals surface area contributed by atoms with E-state index >= 15 is 0 Å². The van der Waals surface area contributed by atoms with Crippen LogP contribution in [0.3, 0.4) is 0 Å². The van der Waals surface area contributed by atoms with Crippen molar-refractivity contribution in [3.05, 3.63) is 42.5 Å². The number of pyridine rings is 1. The molecule has 2 saturated heterocycles. The molecule has 48 heavy (non-hydrogen) atoms. The van der Waals surface area contributed by atoms with E-state index in [9.17, 15) is 26.4 Å². The van der Waals surface area contributed by atoms with Gasteiger partial charge in [0, 0.05) is 50.6 Å². The van der Waals surface area contributed by atoms with Gasteiger partial charge in [-0.05, 0) is 71.1 Å². The van der Waals surface area contributed by atoms with Crippen LogP contribution >= 0.6 is 0 Å². The number of halogens is 3. The second-order valence-corrected chi connectivity index (χ2v) is 14.9. The van der Waals surface area contributed by atoms with Crippen LogP contribution in [0.25, 0.3) is 11.4 Å². The average Bonchev–Trinajstić information content (AvgIpc) is 3.62. The summed E-state index contributed by atoms with van der Waals surface area (Å²) in [4.78, 5) is 30.4. The van der Waals surface area contributed by atoms with E-state index < -0.39 is 27.4 Å². The number of piperidine rings is 1. The van der Waals surface area contributed by atoms with Crippen LogP contribution in [0.1, 0.15) is 44.1 Å². The fraction of sp³-hybridized carbons (Fsp3) is 0.531. The molecule has 1 unspecified atom stereocenters. The molecule has 1 atom stereocenters. The minimum absolute atomic E-state index is 0.0180. The van der Waals surface area contributed by atoms with Crippen LogP contribution in [-0.4, -0.2) is 107 Å². The summed E-state index contributed by atoms with van der Waals surface area (Å²) in [5, 5.41) is 6.85. The van der Waals surface area contributed by atoms with Crippen molar-refractivity contribution < 1.29 is 26.4 Å². The summed E-state index contributed by atoms with van der Waals surface area (Å²) in [5.41, 5.74) is 1.97. The Hall–Kier alpha value is -4.23. The first kappa shape index (κ1) is 33.7. The lowest BCUT2D eigenvalue weighted by atomic mass is 9.93. The minimum atomic E-state index is -4.90. The van der Waals surface area contributed by atoms with Crippen molar-refractivity contribution in [3.63, 3.8) is 0 Å². The number of likely N-dealkylation sites (tertiary alicyclic amines) is 1. The van der Waals surface area contributed by atoms with Crippen molar-refractivity contribution in [3.8, 4) is 23.2 Å². The molecule has 3 aromatic heterocycles. The quantitative estimate of drug-likeness (QED) is 0.333. The van der Waals surface area contributed by atoms with Gasteiger partial charge in [0.1, 0.15) is 11.6 Å². The van der Waals surface area contributed by atoms with Gasteiger partial charge in [-0.2, -0.15) is 22.4 Å². The maximum atomic E-state index is 12.9. The minimum Gasteiger partial charge on any atom is -0.370 e. The number of nitrogens with one attached hydrogen (secondary N) is 1. The number of carbonyl (C=O) groups is 1. The fourth-order valence-corrected chi connectivity index (χ4v) is 7.45. The smallest absolute Gasteiger partial charge is 0.370 e. The van der Waals surface area contributed by atoms with Gasteiger partial charge >= 0.3 is 12.1 Å². The molecule has 3 aromatic rings. The van der Waals surface area contributed by atoms with Gasteiger partial charge in [0.25, 0.3) is 10.0 Å². The first-order valence-electron chi connectivity index (χ1n) is 16.0. The van der Waals surface area contributed by atoms with Crippen LogP contribution in [-0.2, 0) is 14.8 Å². The van der Waals surface area contributed by atoms with Crippen LogP contribution in [0.2, 0.25) is 0 Å². The first-order valence-corrected chi connectivity index (χ1v) is 17.5. The molecule has 3 aliphatic rings. The highest BCUT2D eigenvalue weighted by molar-refractivity contribution is 7.90. The molecule has 6 rings (SSSR count). The summed E-state index contributed by atoms with van der Waals surface area (Å²) in [6, 6.07) is 3.56. The molecule has 5 heterocycles. The Morgan fingerprint density at radius 1 is 1.06 bits per heavy atom. The van der Waals surface area contributed by atoms with Gasteiger partial charge in [-0.25, -0.2) is 23.4 Å². The van der Waals surface area contributed by atoms with Crippen molar-refractivity contribution in [2.75, 3.05) is 57.0 Å². The van der Waals surface area contributed by atoms with E-state index in [-0.39, 0.29) is 19.0 Å². The maximum Gasteiger partial charge on any atom is 0.471 e. The van der Waals surface area contributed by atoms with E-state index in [1.54, 1.807) is 18.5 Å². The first-order chi connectivity index (χ1) is 22.9. The van der Waals surface area contributed by atoms with Crippen LogP contribution in [0, 0.1) is 23.7 Å². The van der Waals surface area contributed by atoms with E-state index in [4.69, 9.17) is 0 Å². The van der Waals surface area contributed by atoms with Crippen molar-refractivity contribution in [1.29, 1.82) is 0 Å². The number of aromatic nitrogens is 5. The lowest BCUT2D eigenvalue weighted by Gasteiger charge is -2.34. The summed E-state index contributed by atoms with van der Waals surface area (Å²) in [5.74, 6) is 5.91. The number of hydrogen-bond donors (Lipinski definition) is 1. The molecule has 256 valence electrons. The van der Waals surface area contributed by atoms with Crippen molar-refractivity contribution >= 4 is 33.3 Å². The number of anilines is 3. The highest BCUT2D eigenvalue weighted by atomic mass is 32.2. The van der Waals surface area contributed by atoms with Crippen LogP contribution in [0.5, 0.6) is 0 Å². The monoisotopic (exact) mass is 685 g/mol.